The molecule has 0 saturated heterocycles. The van der Waals surface area contributed by atoms with E-state index in [0.29, 0.717) is 15.7 Å². The lowest BCUT2D eigenvalue weighted by Gasteiger charge is -2.11. The molecule has 5 nitrogen and oxygen atoms in total. The Bertz CT molecular complexity index is 463. The molecule has 1 unspecified atom stereocenters. The lowest BCUT2D eigenvalue weighted by molar-refractivity contribution is -0.117. The van der Waals surface area contributed by atoms with Gasteiger partial charge >= 0.3 is 0 Å². The fourth-order valence-electron chi connectivity index (χ4n) is 1.06. The second-order valence-corrected chi connectivity index (χ2v) is 4.20. The highest BCUT2D eigenvalue weighted by molar-refractivity contribution is 6.35. The van der Waals surface area contributed by atoms with Crippen LogP contribution in [0.2, 0.25) is 10.0 Å². The SMILES string of the molecule is CC(C(=O)Nc1cc(Cl)ccc1Cl)C(N)=NO. The predicted molar refractivity (Wildman–Crippen MR) is 67.7 cm³/mol. The minimum absolute atomic E-state index is 0.180. The van der Waals surface area contributed by atoms with Gasteiger partial charge in [-0.1, -0.05) is 28.4 Å². The Hall–Kier alpha value is -1.46. The van der Waals surface area contributed by atoms with Crippen LogP contribution >= 0.6 is 23.2 Å². The summed E-state index contributed by atoms with van der Waals surface area (Å²) in [5.41, 5.74) is 5.70. The molecule has 0 heterocycles. The van der Waals surface area contributed by atoms with Crippen molar-refractivity contribution in [3.8, 4) is 0 Å². The smallest absolute Gasteiger partial charge is 0.234 e. The summed E-state index contributed by atoms with van der Waals surface area (Å²) in [7, 11) is 0. The van der Waals surface area contributed by atoms with Crippen molar-refractivity contribution in [1.82, 2.24) is 0 Å². The molecule has 0 radical (unpaired) electrons. The number of hydrogen-bond acceptors (Lipinski definition) is 3. The van der Waals surface area contributed by atoms with Gasteiger partial charge in [-0.05, 0) is 25.1 Å². The third kappa shape index (κ3) is 3.51. The van der Waals surface area contributed by atoms with Crippen LogP contribution in [0.15, 0.2) is 23.4 Å². The highest BCUT2D eigenvalue weighted by atomic mass is 35.5. The third-order valence-electron chi connectivity index (χ3n) is 2.14. The fraction of sp³-hybridized carbons (Fsp3) is 0.200. The molecular weight excluding hydrogens is 265 g/mol. The number of amides is 1. The van der Waals surface area contributed by atoms with Crippen LogP contribution in [0.4, 0.5) is 5.69 Å². The molecule has 17 heavy (non-hydrogen) atoms. The van der Waals surface area contributed by atoms with Gasteiger partial charge in [0.1, 0.15) is 0 Å². The summed E-state index contributed by atoms with van der Waals surface area (Å²) >= 11 is 11.6. The number of carbonyl (C=O) groups excluding carboxylic acids is 1. The Kier molecular flexibility index (Phi) is 4.60. The number of nitrogens with one attached hydrogen (secondary N) is 1. The molecule has 92 valence electrons. The van der Waals surface area contributed by atoms with E-state index in [1.807, 2.05) is 0 Å². The van der Waals surface area contributed by atoms with Gasteiger partial charge in [-0.2, -0.15) is 0 Å². The van der Waals surface area contributed by atoms with E-state index in [4.69, 9.17) is 34.1 Å². The first-order chi connectivity index (χ1) is 7.95. The van der Waals surface area contributed by atoms with E-state index < -0.39 is 11.8 Å². The summed E-state index contributed by atoms with van der Waals surface area (Å²) in [6, 6.07) is 4.68. The number of benzene rings is 1. The van der Waals surface area contributed by atoms with Gasteiger partial charge in [0.15, 0.2) is 5.84 Å². The lowest BCUT2D eigenvalue weighted by atomic mass is 10.1. The van der Waals surface area contributed by atoms with Crippen LogP contribution in [0.25, 0.3) is 0 Å². The van der Waals surface area contributed by atoms with E-state index in [1.54, 1.807) is 12.1 Å². The maximum absolute atomic E-state index is 11.7. The van der Waals surface area contributed by atoms with Crippen LogP contribution in [0.3, 0.4) is 0 Å². The number of hydrogen-bond donors (Lipinski definition) is 3. The van der Waals surface area contributed by atoms with Gasteiger partial charge in [0, 0.05) is 5.02 Å². The average Bonchev–Trinajstić information content (AvgIpc) is 2.31. The second-order valence-electron chi connectivity index (χ2n) is 3.36. The molecular formula is C10H11Cl2N3O2. The quantitative estimate of drug-likeness (QED) is 0.342. The van der Waals surface area contributed by atoms with E-state index in [1.165, 1.54) is 13.0 Å². The van der Waals surface area contributed by atoms with Crippen molar-refractivity contribution in [3.63, 3.8) is 0 Å². The number of anilines is 1. The number of rotatable bonds is 3. The minimum atomic E-state index is -0.768. The van der Waals surface area contributed by atoms with Gasteiger partial charge < -0.3 is 16.3 Å². The summed E-state index contributed by atoms with van der Waals surface area (Å²) in [5, 5.41) is 14.6. The molecule has 0 saturated carbocycles. The first-order valence-corrected chi connectivity index (χ1v) is 5.44. The Morgan fingerprint density at radius 1 is 1.53 bits per heavy atom. The van der Waals surface area contributed by atoms with Crippen molar-refractivity contribution in [2.24, 2.45) is 16.8 Å². The lowest BCUT2D eigenvalue weighted by Crippen LogP contribution is -2.32. The van der Waals surface area contributed by atoms with Crippen LogP contribution in [0, 0.1) is 5.92 Å². The van der Waals surface area contributed by atoms with Crippen LogP contribution in [-0.2, 0) is 4.79 Å². The van der Waals surface area contributed by atoms with Crippen LogP contribution in [-0.4, -0.2) is 17.0 Å². The minimum Gasteiger partial charge on any atom is -0.409 e. The maximum atomic E-state index is 11.7. The molecule has 0 fully saturated rings. The van der Waals surface area contributed by atoms with Crippen molar-refractivity contribution in [2.75, 3.05) is 5.32 Å². The predicted octanol–water partition coefficient (Wildman–Crippen LogP) is 2.31. The molecule has 4 N–H and O–H groups in total. The second kappa shape index (κ2) is 5.75. The third-order valence-corrected chi connectivity index (χ3v) is 2.70. The highest BCUT2D eigenvalue weighted by Crippen LogP contribution is 2.25. The molecule has 1 amide bonds. The Morgan fingerprint density at radius 3 is 2.76 bits per heavy atom. The average molecular weight is 276 g/mol. The van der Waals surface area contributed by atoms with Crippen molar-refractivity contribution < 1.29 is 10.0 Å². The molecule has 1 aromatic carbocycles. The van der Waals surface area contributed by atoms with Gasteiger partial charge in [-0.25, -0.2) is 0 Å². The van der Waals surface area contributed by atoms with Gasteiger partial charge in [-0.15, -0.1) is 0 Å². The van der Waals surface area contributed by atoms with E-state index in [-0.39, 0.29) is 5.84 Å². The number of carbonyl (C=O) groups is 1. The number of nitrogens with two attached hydrogens (primary N) is 1. The fourth-order valence-corrected chi connectivity index (χ4v) is 1.39. The maximum Gasteiger partial charge on any atom is 0.234 e. The van der Waals surface area contributed by atoms with E-state index in [9.17, 15) is 4.79 Å². The molecule has 0 aliphatic rings. The zero-order valence-corrected chi connectivity index (χ0v) is 10.5. The largest absolute Gasteiger partial charge is 0.409 e. The molecule has 0 aliphatic carbocycles. The van der Waals surface area contributed by atoms with Crippen molar-refractivity contribution in [2.45, 2.75) is 6.92 Å². The normalized spacial score (nSPS) is 13.2. The number of halogens is 2. The Balaban J connectivity index is 2.84. The van der Waals surface area contributed by atoms with Crippen LogP contribution < -0.4 is 11.1 Å². The van der Waals surface area contributed by atoms with Gasteiger partial charge in [0.05, 0.1) is 16.6 Å². The molecule has 0 aromatic heterocycles. The van der Waals surface area contributed by atoms with Gasteiger partial charge in [0.25, 0.3) is 0 Å². The molecule has 0 spiro atoms. The van der Waals surface area contributed by atoms with Crippen LogP contribution in [0.1, 0.15) is 6.92 Å². The monoisotopic (exact) mass is 275 g/mol. The zero-order chi connectivity index (χ0) is 13.0. The Labute approximate surface area is 108 Å². The highest BCUT2D eigenvalue weighted by Gasteiger charge is 2.18. The molecule has 1 atom stereocenters. The first kappa shape index (κ1) is 13.6. The number of oxime groups is 1. The first-order valence-electron chi connectivity index (χ1n) is 4.69. The summed E-state index contributed by atoms with van der Waals surface area (Å²) in [4.78, 5) is 11.7. The van der Waals surface area contributed by atoms with Crippen LogP contribution in [0.5, 0.6) is 0 Å². The summed E-state index contributed by atoms with van der Waals surface area (Å²) in [6.07, 6.45) is 0. The molecule has 0 aliphatic heterocycles. The Morgan fingerprint density at radius 2 is 2.18 bits per heavy atom. The van der Waals surface area contributed by atoms with E-state index in [0.717, 1.165) is 0 Å². The zero-order valence-electron chi connectivity index (χ0n) is 8.95. The molecule has 0 bridgehead atoms. The van der Waals surface area contributed by atoms with Gasteiger partial charge in [0.2, 0.25) is 5.91 Å². The summed E-state index contributed by atoms with van der Waals surface area (Å²) in [5.74, 6) is -1.39. The van der Waals surface area contributed by atoms with Crippen molar-refractivity contribution in [3.05, 3.63) is 28.2 Å². The van der Waals surface area contributed by atoms with E-state index >= 15 is 0 Å². The molecule has 7 heteroatoms. The van der Waals surface area contributed by atoms with Crippen molar-refractivity contribution >= 4 is 40.6 Å². The molecule has 1 rings (SSSR count). The summed E-state index contributed by atoms with van der Waals surface area (Å²) in [6.45, 7) is 1.50. The standard InChI is InChI=1S/C10H11Cl2N3O2/c1-5(9(13)15-17)10(16)14-8-4-6(11)2-3-7(8)12/h2-5,17H,1H3,(H2,13,15)(H,14,16). The van der Waals surface area contributed by atoms with E-state index in [2.05, 4.69) is 10.5 Å². The summed E-state index contributed by atoms with van der Waals surface area (Å²) < 4.78 is 0. The topological polar surface area (TPSA) is 87.7 Å². The van der Waals surface area contributed by atoms with Crippen molar-refractivity contribution in [1.29, 1.82) is 0 Å². The number of nitrogens with zero attached hydrogens (tertiary/aromatic N) is 1. The van der Waals surface area contributed by atoms with Gasteiger partial charge in [-0.3, -0.25) is 4.79 Å². The molecule has 1 aromatic rings. The number of amidine groups is 1.